The fourth-order valence-electron chi connectivity index (χ4n) is 23.9. The van der Waals surface area contributed by atoms with Gasteiger partial charge in [0.05, 0.1) is 98.7 Å². The molecule has 18 rings (SSSR count). The van der Waals surface area contributed by atoms with E-state index in [2.05, 4.69) is 85.1 Å². The Morgan fingerprint density at radius 3 is 0.235 bits per heavy atom. The van der Waals surface area contributed by atoms with Crippen molar-refractivity contribution in [2.75, 3.05) is 0 Å². The zero-order valence-electron chi connectivity index (χ0n) is 49.6. The molecular weight excluding hydrogens is 1130 g/mol. The van der Waals surface area contributed by atoms with Gasteiger partial charge >= 0.3 is 0 Å². The Labute approximate surface area is 521 Å². The fraction of sp³-hybridized carbons (Fsp3) is 1.00. The van der Waals surface area contributed by atoms with Crippen molar-refractivity contribution in [2.24, 2.45) is 94.7 Å². The largest absolute Gasteiger partial charge is 0.286 e. The van der Waals surface area contributed by atoms with E-state index in [0.29, 0.717) is 98.7 Å². The SMILES string of the molecule is C1CCC2C3NC(NC4NC(NC5NC(NC6NC(N3)C3CCCCC63)C3CCCCC53)C3CCCCC43)C2C1.C1CCC2C3NC(NC4NC(NC5NC(NC6NC(N3)C3CCCCC63)C3CCCCC53)C3CCCCC43)C2C1.[Ce]. The minimum absolute atomic E-state index is 0. The number of hydrogen-bond acceptors (Lipinski definition) is 16. The predicted molar refractivity (Wildman–Crippen MR) is 314 cm³/mol. The summed E-state index contributed by atoms with van der Waals surface area (Å²) in [7, 11) is 0. The Morgan fingerprint density at radius 2 is 0.173 bits per heavy atom. The first-order valence-electron chi connectivity index (χ1n) is 35.8. The summed E-state index contributed by atoms with van der Waals surface area (Å²) in [5, 5.41) is 67.6. The first-order chi connectivity index (χ1) is 39.6. The monoisotopic (exact) mass is 1240 g/mol. The van der Waals surface area contributed by atoms with E-state index in [9.17, 15) is 0 Å². The van der Waals surface area contributed by atoms with Gasteiger partial charge in [-0.1, -0.05) is 103 Å². The summed E-state index contributed by atoms with van der Waals surface area (Å²) in [5.41, 5.74) is 0. The molecule has 0 aromatic rings. The normalized spacial score (nSPS) is 56.9. The first-order valence-corrected chi connectivity index (χ1v) is 35.8. The van der Waals surface area contributed by atoms with Gasteiger partial charge in [-0.15, -0.1) is 0 Å². The molecule has 0 radical (unpaired) electrons. The van der Waals surface area contributed by atoms with Crippen molar-refractivity contribution < 1.29 is 41.7 Å². The summed E-state index contributed by atoms with van der Waals surface area (Å²) < 4.78 is 0. The Balaban J connectivity index is 0.000000132. The smallest absolute Gasteiger partial charge is 0.0628 e. The zero-order valence-corrected chi connectivity index (χ0v) is 52.7. The molecule has 0 aromatic carbocycles. The summed E-state index contributed by atoms with van der Waals surface area (Å²) in [4.78, 5) is 0. The van der Waals surface area contributed by atoms with Crippen LogP contribution < -0.4 is 85.1 Å². The molecule has 8 saturated carbocycles. The molecule has 10 aliphatic heterocycles. The van der Waals surface area contributed by atoms with E-state index >= 15 is 0 Å². The summed E-state index contributed by atoms with van der Waals surface area (Å²) in [6, 6.07) is 0. The van der Waals surface area contributed by atoms with Crippen LogP contribution >= 0.6 is 0 Å². The second-order valence-corrected chi connectivity index (χ2v) is 31.2. The topological polar surface area (TPSA) is 192 Å². The molecule has 10 heterocycles. The maximum absolute atomic E-state index is 4.26. The molecule has 16 atom stereocenters. The van der Waals surface area contributed by atoms with Gasteiger partial charge < -0.3 is 0 Å². The van der Waals surface area contributed by atoms with E-state index in [1.807, 2.05) is 0 Å². The molecule has 18 fully saturated rings. The molecule has 0 amide bonds. The van der Waals surface area contributed by atoms with Gasteiger partial charge in [0, 0.05) is 41.7 Å². The fourth-order valence-corrected chi connectivity index (χ4v) is 23.9. The number of rotatable bonds is 0. The summed E-state index contributed by atoms with van der Waals surface area (Å²) in [6.45, 7) is 0. The van der Waals surface area contributed by atoms with Crippen LogP contribution in [0.1, 0.15) is 205 Å². The molecular formula is C64H112CeN16. The maximum atomic E-state index is 4.26. The van der Waals surface area contributed by atoms with Crippen molar-refractivity contribution in [2.45, 2.75) is 304 Å². The molecule has 18 aliphatic rings. The van der Waals surface area contributed by atoms with Crippen LogP contribution in [-0.4, -0.2) is 98.7 Å². The second kappa shape index (κ2) is 24.5. The molecule has 17 heteroatoms. The zero-order chi connectivity index (χ0) is 52.4. The van der Waals surface area contributed by atoms with Crippen LogP contribution in [0.25, 0.3) is 0 Å². The third-order valence-electron chi connectivity index (χ3n) is 27.6. The van der Waals surface area contributed by atoms with Crippen molar-refractivity contribution in [1.29, 1.82) is 0 Å². The van der Waals surface area contributed by atoms with Crippen molar-refractivity contribution >= 4 is 0 Å². The summed E-state index contributed by atoms with van der Waals surface area (Å²) in [6.07, 6.45) is 51.1. The molecule has 81 heavy (non-hydrogen) atoms. The average molecular weight is 1250 g/mol. The third-order valence-corrected chi connectivity index (χ3v) is 27.6. The van der Waals surface area contributed by atoms with Crippen LogP contribution in [0.3, 0.4) is 0 Å². The third kappa shape index (κ3) is 10.7. The minimum Gasteiger partial charge on any atom is -0.286 e. The van der Waals surface area contributed by atoms with E-state index in [4.69, 9.17) is 0 Å². The van der Waals surface area contributed by atoms with Gasteiger partial charge in [0.2, 0.25) is 0 Å². The van der Waals surface area contributed by atoms with Crippen LogP contribution in [0.4, 0.5) is 0 Å². The molecule has 16 unspecified atom stereocenters. The molecule has 10 saturated heterocycles. The van der Waals surface area contributed by atoms with Gasteiger partial charge in [0.25, 0.3) is 0 Å². The Kier molecular flexibility index (Phi) is 17.2. The molecule has 8 aliphatic carbocycles. The van der Waals surface area contributed by atoms with Crippen LogP contribution in [-0.2, 0) is 0 Å². The van der Waals surface area contributed by atoms with E-state index < -0.39 is 0 Å². The minimum atomic E-state index is 0. The van der Waals surface area contributed by atoms with E-state index in [0.717, 1.165) is 94.7 Å². The van der Waals surface area contributed by atoms with E-state index in [1.165, 1.54) is 205 Å². The number of hydrogen-bond donors (Lipinski definition) is 16. The van der Waals surface area contributed by atoms with Crippen LogP contribution in [0.15, 0.2) is 0 Å². The first kappa shape index (κ1) is 56.9. The summed E-state index contributed by atoms with van der Waals surface area (Å²) >= 11 is 0. The molecule has 16 bridgehead atoms. The summed E-state index contributed by atoms with van der Waals surface area (Å²) in [5.74, 6) is 11.9. The van der Waals surface area contributed by atoms with Crippen molar-refractivity contribution in [1.82, 2.24) is 85.1 Å². The molecule has 0 spiro atoms. The van der Waals surface area contributed by atoms with E-state index in [1.54, 1.807) is 0 Å². The molecule has 0 aromatic heterocycles. The van der Waals surface area contributed by atoms with Gasteiger partial charge in [-0.25, -0.2) is 0 Å². The average Bonchev–Trinajstić information content (AvgIpc) is 4.47. The Bertz CT molecular complexity index is 1570. The molecule has 16 N–H and O–H groups in total. The number of nitrogens with one attached hydrogen (secondary N) is 16. The van der Waals surface area contributed by atoms with Crippen LogP contribution in [0.2, 0.25) is 0 Å². The van der Waals surface area contributed by atoms with Crippen molar-refractivity contribution in [3.63, 3.8) is 0 Å². The van der Waals surface area contributed by atoms with Gasteiger partial charge in [0.15, 0.2) is 0 Å². The molecule has 16 nitrogen and oxygen atoms in total. The van der Waals surface area contributed by atoms with Crippen molar-refractivity contribution in [3.05, 3.63) is 0 Å². The predicted octanol–water partition coefficient (Wildman–Crippen LogP) is 5.21. The van der Waals surface area contributed by atoms with Crippen LogP contribution in [0, 0.1) is 136 Å². The quantitative estimate of drug-likeness (QED) is 0.151. The number of fused-ring (bicyclic) bond motifs is 40. The Hall–Kier alpha value is 0.737. The van der Waals surface area contributed by atoms with Gasteiger partial charge in [-0.3, -0.25) is 85.1 Å². The Morgan fingerprint density at radius 1 is 0.111 bits per heavy atom. The van der Waals surface area contributed by atoms with Crippen LogP contribution in [0.5, 0.6) is 0 Å². The van der Waals surface area contributed by atoms with Crippen molar-refractivity contribution in [3.8, 4) is 0 Å². The molecule has 452 valence electrons. The second-order valence-electron chi connectivity index (χ2n) is 31.2. The van der Waals surface area contributed by atoms with Gasteiger partial charge in [-0.2, -0.15) is 0 Å². The van der Waals surface area contributed by atoms with E-state index in [-0.39, 0.29) is 41.7 Å². The van der Waals surface area contributed by atoms with Gasteiger partial charge in [-0.05, 0) is 197 Å². The van der Waals surface area contributed by atoms with Gasteiger partial charge in [0.1, 0.15) is 0 Å². The standard InChI is InChI=1S/2C32H56N8.Ce/c2*1-2-10-18-17(9-1)25-33-26(18)38-28-21-13-5-6-14-22(21)30(35-28)40-32-24-16-8-7-15-23(24)31(36-32)39-29-20-12-4-3-11-19(20)27(34-29)37-25;/h2*17-40H,1-16H2;. The maximum Gasteiger partial charge on any atom is 0.0628 e.